The highest BCUT2D eigenvalue weighted by atomic mass is 35.5. The van der Waals surface area contributed by atoms with Gasteiger partial charge in [0.1, 0.15) is 0 Å². The minimum Gasteiger partial charge on any atom is -0.324 e. The Kier molecular flexibility index (Phi) is 6.39. The topological polar surface area (TPSA) is 46.9 Å². The molecule has 4 rings (SSSR count). The molecular formula is C23H11ClF9N3O. The number of nitrogens with one attached hydrogen (secondary N) is 1. The van der Waals surface area contributed by atoms with Gasteiger partial charge < -0.3 is 5.32 Å². The van der Waals surface area contributed by atoms with E-state index >= 15 is 0 Å². The van der Waals surface area contributed by atoms with E-state index in [9.17, 15) is 44.3 Å². The van der Waals surface area contributed by atoms with Crippen LogP contribution in [0.15, 0.2) is 65.5 Å². The average molecular weight is 552 g/mol. The van der Waals surface area contributed by atoms with E-state index in [0.29, 0.717) is 15.3 Å². The highest BCUT2D eigenvalue weighted by molar-refractivity contribution is 6.34. The zero-order valence-corrected chi connectivity index (χ0v) is 18.6. The summed E-state index contributed by atoms with van der Waals surface area (Å²) in [6.45, 7) is 0. The van der Waals surface area contributed by atoms with Gasteiger partial charge in [-0.3, -0.25) is 4.79 Å². The molecule has 3 aromatic carbocycles. The SMILES string of the molecule is O=c1cc(C(F)(F)F)nc(Nc2cc(C(F)(F)F)cc(C(F)(F)F)c2Cl)n1-c1ccc2ccccc2c1. The second kappa shape index (κ2) is 8.98. The number of alkyl halides is 9. The summed E-state index contributed by atoms with van der Waals surface area (Å²) in [5.74, 6) is -1.01. The van der Waals surface area contributed by atoms with Crippen LogP contribution in [0.1, 0.15) is 16.8 Å². The van der Waals surface area contributed by atoms with Gasteiger partial charge in [0.15, 0.2) is 5.69 Å². The van der Waals surface area contributed by atoms with Crippen LogP contribution < -0.4 is 10.9 Å². The summed E-state index contributed by atoms with van der Waals surface area (Å²) in [6, 6.07) is 11.0. The Labute approximate surface area is 205 Å². The fourth-order valence-electron chi connectivity index (χ4n) is 3.48. The molecule has 0 unspecified atom stereocenters. The summed E-state index contributed by atoms with van der Waals surface area (Å²) in [6.07, 6.45) is -15.8. The van der Waals surface area contributed by atoms with Crippen LogP contribution in [0.25, 0.3) is 16.5 Å². The van der Waals surface area contributed by atoms with Crippen LogP contribution in [-0.4, -0.2) is 9.55 Å². The van der Waals surface area contributed by atoms with Crippen molar-refractivity contribution in [3.05, 3.63) is 92.9 Å². The van der Waals surface area contributed by atoms with Crippen molar-refractivity contribution < 1.29 is 39.5 Å². The molecule has 0 saturated carbocycles. The lowest BCUT2D eigenvalue weighted by Crippen LogP contribution is -2.26. The lowest BCUT2D eigenvalue weighted by Gasteiger charge is -2.20. The van der Waals surface area contributed by atoms with Gasteiger partial charge in [-0.15, -0.1) is 0 Å². The summed E-state index contributed by atoms with van der Waals surface area (Å²) < 4.78 is 121. The normalized spacial score (nSPS) is 12.7. The van der Waals surface area contributed by atoms with E-state index in [2.05, 4.69) is 4.98 Å². The van der Waals surface area contributed by atoms with E-state index in [1.807, 2.05) is 5.32 Å². The third-order valence-corrected chi connectivity index (χ3v) is 5.56. The third-order valence-electron chi connectivity index (χ3n) is 5.15. The monoisotopic (exact) mass is 551 g/mol. The molecule has 1 aromatic heterocycles. The number of hydrogen-bond acceptors (Lipinski definition) is 3. The molecule has 0 aliphatic heterocycles. The number of fused-ring (bicyclic) bond motifs is 1. The summed E-state index contributed by atoms with van der Waals surface area (Å²) in [4.78, 5) is 16.0. The number of anilines is 2. The molecule has 37 heavy (non-hydrogen) atoms. The molecule has 4 nitrogen and oxygen atoms in total. The van der Waals surface area contributed by atoms with E-state index < -0.39 is 57.6 Å². The Hall–Kier alpha value is -3.74. The Morgan fingerprint density at radius 1 is 0.757 bits per heavy atom. The molecule has 0 atom stereocenters. The number of rotatable bonds is 3. The molecule has 1 heterocycles. The van der Waals surface area contributed by atoms with Crippen molar-refractivity contribution in [3.63, 3.8) is 0 Å². The Morgan fingerprint density at radius 3 is 2.00 bits per heavy atom. The number of halogens is 10. The summed E-state index contributed by atoms with van der Waals surface area (Å²) >= 11 is 5.72. The smallest absolute Gasteiger partial charge is 0.324 e. The fraction of sp³-hybridized carbons (Fsp3) is 0.130. The predicted molar refractivity (Wildman–Crippen MR) is 117 cm³/mol. The first-order valence-electron chi connectivity index (χ1n) is 10.0. The Balaban J connectivity index is 1.99. The van der Waals surface area contributed by atoms with Crippen molar-refractivity contribution in [3.8, 4) is 5.69 Å². The average Bonchev–Trinajstić information content (AvgIpc) is 2.77. The van der Waals surface area contributed by atoms with Gasteiger partial charge in [-0.1, -0.05) is 41.9 Å². The van der Waals surface area contributed by atoms with Gasteiger partial charge in [0.05, 0.1) is 27.5 Å². The van der Waals surface area contributed by atoms with Crippen molar-refractivity contribution in [2.24, 2.45) is 0 Å². The van der Waals surface area contributed by atoms with E-state index in [4.69, 9.17) is 11.6 Å². The van der Waals surface area contributed by atoms with Crippen LogP contribution in [0.3, 0.4) is 0 Å². The lowest BCUT2D eigenvalue weighted by molar-refractivity contribution is -0.143. The van der Waals surface area contributed by atoms with Gasteiger partial charge in [0.2, 0.25) is 5.95 Å². The highest BCUT2D eigenvalue weighted by Crippen LogP contribution is 2.43. The zero-order valence-electron chi connectivity index (χ0n) is 17.9. The molecule has 14 heteroatoms. The van der Waals surface area contributed by atoms with Gasteiger partial charge in [0.25, 0.3) is 5.56 Å². The second-order valence-electron chi connectivity index (χ2n) is 7.67. The Morgan fingerprint density at radius 2 is 1.41 bits per heavy atom. The van der Waals surface area contributed by atoms with Crippen LogP contribution in [0.2, 0.25) is 5.02 Å². The molecule has 0 aliphatic rings. The van der Waals surface area contributed by atoms with Crippen LogP contribution in [-0.2, 0) is 18.5 Å². The minimum absolute atomic E-state index is 0.0634. The number of benzene rings is 3. The largest absolute Gasteiger partial charge is 0.433 e. The van der Waals surface area contributed by atoms with E-state index in [1.165, 1.54) is 18.2 Å². The third kappa shape index (κ3) is 5.36. The van der Waals surface area contributed by atoms with Crippen LogP contribution >= 0.6 is 11.6 Å². The minimum atomic E-state index is -5.34. The van der Waals surface area contributed by atoms with Crippen molar-refractivity contribution in [2.45, 2.75) is 18.5 Å². The summed E-state index contributed by atoms with van der Waals surface area (Å²) in [7, 11) is 0. The first-order valence-corrected chi connectivity index (χ1v) is 10.4. The molecule has 0 spiro atoms. The first kappa shape index (κ1) is 26.3. The lowest BCUT2D eigenvalue weighted by atomic mass is 10.1. The Bertz CT molecular complexity index is 1560. The van der Waals surface area contributed by atoms with Crippen LogP contribution in [0, 0.1) is 0 Å². The van der Waals surface area contributed by atoms with Gasteiger partial charge in [-0.25, -0.2) is 9.55 Å². The first-order chi connectivity index (χ1) is 17.1. The van der Waals surface area contributed by atoms with Crippen molar-refractivity contribution in [1.29, 1.82) is 0 Å². The van der Waals surface area contributed by atoms with E-state index in [-0.39, 0.29) is 23.9 Å². The van der Waals surface area contributed by atoms with Crippen molar-refractivity contribution in [2.75, 3.05) is 5.32 Å². The van der Waals surface area contributed by atoms with Crippen LogP contribution in [0.5, 0.6) is 0 Å². The molecule has 0 amide bonds. The maximum Gasteiger partial charge on any atom is 0.433 e. The summed E-state index contributed by atoms with van der Waals surface area (Å²) in [5, 5.41) is 1.94. The van der Waals surface area contributed by atoms with Crippen molar-refractivity contribution >= 4 is 34.0 Å². The quantitative estimate of drug-likeness (QED) is 0.264. The van der Waals surface area contributed by atoms with E-state index in [1.54, 1.807) is 24.3 Å². The van der Waals surface area contributed by atoms with Gasteiger partial charge >= 0.3 is 18.5 Å². The molecule has 0 fully saturated rings. The standard InChI is InChI=1S/C23H11ClF9N3O/c24-19-15(22(28,29)30)8-13(21(25,26)27)9-16(19)34-20-35-17(23(31,32)33)10-18(37)36(20)14-6-5-11-3-1-2-4-12(11)7-14/h1-10H,(H,34,35). The second-order valence-corrected chi connectivity index (χ2v) is 8.05. The molecule has 0 bridgehead atoms. The predicted octanol–water partition coefficient (Wildman–Crippen LogP) is 7.84. The molecule has 1 N–H and O–H groups in total. The number of nitrogens with zero attached hydrogens (tertiary/aromatic N) is 2. The molecule has 0 radical (unpaired) electrons. The van der Waals surface area contributed by atoms with Gasteiger partial charge in [0, 0.05) is 6.07 Å². The number of aromatic nitrogens is 2. The van der Waals surface area contributed by atoms with Gasteiger partial charge in [-0.2, -0.15) is 39.5 Å². The maximum atomic E-state index is 13.4. The highest BCUT2D eigenvalue weighted by Gasteiger charge is 2.40. The van der Waals surface area contributed by atoms with Crippen molar-refractivity contribution in [1.82, 2.24) is 9.55 Å². The maximum absolute atomic E-state index is 13.4. The van der Waals surface area contributed by atoms with E-state index in [0.717, 1.165) is 0 Å². The summed E-state index contributed by atoms with van der Waals surface area (Å²) in [5.41, 5.74) is -7.83. The fourth-order valence-corrected chi connectivity index (χ4v) is 3.75. The zero-order chi connectivity index (χ0) is 27.3. The van der Waals surface area contributed by atoms with Gasteiger partial charge in [-0.05, 0) is 35.0 Å². The molecule has 4 aromatic rings. The molecule has 194 valence electrons. The number of hydrogen-bond donors (Lipinski definition) is 1. The molecule has 0 aliphatic carbocycles. The molecular weight excluding hydrogens is 541 g/mol. The molecule has 0 saturated heterocycles. The van der Waals surface area contributed by atoms with Crippen LogP contribution in [0.4, 0.5) is 51.1 Å².